The van der Waals surface area contributed by atoms with Crippen LogP contribution < -0.4 is 0 Å². The lowest BCUT2D eigenvalue weighted by molar-refractivity contribution is 0.279. The first kappa shape index (κ1) is 10.2. The van der Waals surface area contributed by atoms with Gasteiger partial charge in [0.15, 0.2) is 0 Å². The van der Waals surface area contributed by atoms with E-state index in [1.165, 1.54) is 11.5 Å². The number of aliphatic hydroxyl groups excluding tert-OH is 1. The summed E-state index contributed by atoms with van der Waals surface area (Å²) in [5.74, 6) is 0. The largest absolute Gasteiger partial charge is 0.390 e. The summed E-state index contributed by atoms with van der Waals surface area (Å²) in [6.07, 6.45) is 0. The van der Waals surface area contributed by atoms with Crippen molar-refractivity contribution in [2.24, 2.45) is 0 Å². The van der Waals surface area contributed by atoms with Gasteiger partial charge in [0.2, 0.25) is 0 Å². The van der Waals surface area contributed by atoms with E-state index in [1.54, 1.807) is 0 Å². The normalized spacial score (nSPS) is 9.46. The molecule has 1 aromatic heterocycles. The quantitative estimate of drug-likeness (QED) is 0.759. The summed E-state index contributed by atoms with van der Waals surface area (Å²) in [5.41, 5.74) is 0.783. The summed E-state index contributed by atoms with van der Waals surface area (Å²) >= 11 is 1.43. The zero-order valence-electron chi connectivity index (χ0n) is 7.82. The molecule has 0 spiro atoms. The standard InChI is InChI=1S/C8H7NOS.C2H6/c10-5-7-6-3-1-2-4-8(6)11-9-7;1-2/h1-4,10H,5H2;1-2H3. The first-order valence-corrected chi connectivity index (χ1v) is 5.13. The van der Waals surface area contributed by atoms with Crippen molar-refractivity contribution in [3.63, 3.8) is 0 Å². The van der Waals surface area contributed by atoms with E-state index in [0.717, 1.165) is 15.8 Å². The zero-order valence-corrected chi connectivity index (χ0v) is 8.64. The highest BCUT2D eigenvalue weighted by molar-refractivity contribution is 7.13. The molecule has 0 saturated heterocycles. The molecule has 0 bridgehead atoms. The first-order chi connectivity index (χ1) is 6.42. The highest BCUT2D eigenvalue weighted by Gasteiger charge is 2.01. The van der Waals surface area contributed by atoms with Gasteiger partial charge in [-0.1, -0.05) is 32.0 Å². The van der Waals surface area contributed by atoms with E-state index in [2.05, 4.69) is 4.37 Å². The number of hydrogen-bond acceptors (Lipinski definition) is 3. The van der Waals surface area contributed by atoms with Gasteiger partial charge in [-0.25, -0.2) is 0 Å². The van der Waals surface area contributed by atoms with Crippen LogP contribution in [0.1, 0.15) is 19.5 Å². The smallest absolute Gasteiger partial charge is 0.0875 e. The molecule has 2 aromatic rings. The van der Waals surface area contributed by atoms with Gasteiger partial charge in [-0.05, 0) is 17.6 Å². The van der Waals surface area contributed by atoms with Crippen molar-refractivity contribution in [2.75, 3.05) is 0 Å². The van der Waals surface area contributed by atoms with E-state index in [9.17, 15) is 0 Å². The molecular formula is C10H13NOS. The minimum atomic E-state index is 0.0318. The Morgan fingerprint density at radius 1 is 1.31 bits per heavy atom. The zero-order chi connectivity index (χ0) is 9.68. The fraction of sp³-hybridized carbons (Fsp3) is 0.300. The molecule has 0 aliphatic carbocycles. The molecule has 1 heterocycles. The molecule has 0 amide bonds. The molecule has 2 rings (SSSR count). The fourth-order valence-corrected chi connectivity index (χ4v) is 1.84. The summed E-state index contributed by atoms with van der Waals surface area (Å²) in [7, 11) is 0. The number of rotatable bonds is 1. The molecule has 13 heavy (non-hydrogen) atoms. The van der Waals surface area contributed by atoms with Gasteiger partial charge < -0.3 is 5.11 Å². The third-order valence-corrected chi connectivity index (χ3v) is 2.47. The minimum absolute atomic E-state index is 0.0318. The molecule has 0 aliphatic heterocycles. The van der Waals surface area contributed by atoms with Crippen molar-refractivity contribution in [3.05, 3.63) is 30.0 Å². The Morgan fingerprint density at radius 3 is 2.69 bits per heavy atom. The van der Waals surface area contributed by atoms with E-state index in [-0.39, 0.29) is 6.61 Å². The van der Waals surface area contributed by atoms with Crippen molar-refractivity contribution in [2.45, 2.75) is 20.5 Å². The Morgan fingerprint density at radius 2 is 2.00 bits per heavy atom. The number of aliphatic hydroxyl groups is 1. The van der Waals surface area contributed by atoms with Gasteiger partial charge in [0.05, 0.1) is 17.0 Å². The highest BCUT2D eigenvalue weighted by atomic mass is 32.1. The van der Waals surface area contributed by atoms with Crippen molar-refractivity contribution in [1.82, 2.24) is 4.37 Å². The van der Waals surface area contributed by atoms with Crippen LogP contribution in [-0.2, 0) is 6.61 Å². The van der Waals surface area contributed by atoms with Gasteiger partial charge in [0.25, 0.3) is 0 Å². The molecule has 0 unspecified atom stereocenters. The van der Waals surface area contributed by atoms with Crippen LogP contribution >= 0.6 is 11.5 Å². The van der Waals surface area contributed by atoms with Crippen molar-refractivity contribution in [3.8, 4) is 0 Å². The second-order valence-electron chi connectivity index (χ2n) is 2.28. The highest BCUT2D eigenvalue weighted by Crippen LogP contribution is 2.21. The molecule has 70 valence electrons. The predicted octanol–water partition coefficient (Wildman–Crippen LogP) is 2.81. The number of hydrogen-bond donors (Lipinski definition) is 1. The molecule has 2 nitrogen and oxygen atoms in total. The Hall–Kier alpha value is -0.930. The Labute approximate surface area is 82.0 Å². The molecular weight excluding hydrogens is 182 g/mol. The molecule has 1 N–H and O–H groups in total. The van der Waals surface area contributed by atoms with E-state index < -0.39 is 0 Å². The lowest BCUT2D eigenvalue weighted by atomic mass is 10.2. The van der Waals surface area contributed by atoms with Crippen molar-refractivity contribution >= 4 is 21.6 Å². The molecule has 0 saturated carbocycles. The van der Waals surface area contributed by atoms with E-state index in [1.807, 2.05) is 38.1 Å². The Balaban J connectivity index is 0.000000396. The Kier molecular flexibility index (Phi) is 3.86. The van der Waals surface area contributed by atoms with Crippen LogP contribution in [0.2, 0.25) is 0 Å². The fourth-order valence-electron chi connectivity index (χ4n) is 1.05. The number of aromatic nitrogens is 1. The van der Waals surface area contributed by atoms with E-state index >= 15 is 0 Å². The van der Waals surface area contributed by atoms with Crippen LogP contribution in [-0.4, -0.2) is 9.48 Å². The van der Waals surface area contributed by atoms with Crippen LogP contribution in [0.15, 0.2) is 24.3 Å². The number of nitrogens with zero attached hydrogens (tertiary/aromatic N) is 1. The summed E-state index contributed by atoms with van der Waals surface area (Å²) in [6, 6.07) is 7.91. The molecule has 0 aliphatic rings. The average Bonchev–Trinajstić information content (AvgIpc) is 2.64. The predicted molar refractivity (Wildman–Crippen MR) is 56.9 cm³/mol. The third kappa shape index (κ3) is 2.05. The maximum absolute atomic E-state index is 8.87. The lowest BCUT2D eigenvalue weighted by Gasteiger charge is -1.88. The SMILES string of the molecule is CC.OCc1nsc2ccccc12. The monoisotopic (exact) mass is 195 g/mol. The van der Waals surface area contributed by atoms with Crippen LogP contribution in [0.3, 0.4) is 0 Å². The van der Waals surface area contributed by atoms with Gasteiger partial charge in [0, 0.05) is 5.39 Å². The number of fused-ring (bicyclic) bond motifs is 1. The van der Waals surface area contributed by atoms with E-state index in [4.69, 9.17) is 5.11 Å². The lowest BCUT2D eigenvalue weighted by Crippen LogP contribution is -1.80. The van der Waals surface area contributed by atoms with Gasteiger partial charge >= 0.3 is 0 Å². The van der Waals surface area contributed by atoms with Gasteiger partial charge in [-0.15, -0.1) is 0 Å². The second-order valence-corrected chi connectivity index (χ2v) is 3.09. The van der Waals surface area contributed by atoms with E-state index in [0.29, 0.717) is 0 Å². The molecule has 0 atom stereocenters. The molecule has 1 aromatic carbocycles. The van der Waals surface area contributed by atoms with Crippen LogP contribution in [0, 0.1) is 0 Å². The molecule has 0 fully saturated rings. The van der Waals surface area contributed by atoms with Crippen molar-refractivity contribution in [1.29, 1.82) is 0 Å². The maximum Gasteiger partial charge on any atom is 0.0875 e. The third-order valence-electron chi connectivity index (χ3n) is 1.60. The topological polar surface area (TPSA) is 33.1 Å². The Bertz CT molecular complexity index is 370. The summed E-state index contributed by atoms with van der Waals surface area (Å²) in [6.45, 7) is 4.03. The summed E-state index contributed by atoms with van der Waals surface area (Å²) in [4.78, 5) is 0. The van der Waals surface area contributed by atoms with Crippen LogP contribution in [0.4, 0.5) is 0 Å². The number of benzene rings is 1. The molecule has 3 heteroatoms. The average molecular weight is 195 g/mol. The first-order valence-electron chi connectivity index (χ1n) is 4.36. The van der Waals surface area contributed by atoms with Crippen LogP contribution in [0.25, 0.3) is 10.1 Å². The summed E-state index contributed by atoms with van der Waals surface area (Å²) in [5, 5.41) is 9.94. The second kappa shape index (κ2) is 4.94. The molecule has 0 radical (unpaired) electrons. The summed E-state index contributed by atoms with van der Waals surface area (Å²) < 4.78 is 5.24. The van der Waals surface area contributed by atoms with Gasteiger partial charge in [-0.2, -0.15) is 4.37 Å². The minimum Gasteiger partial charge on any atom is -0.390 e. The van der Waals surface area contributed by atoms with Crippen LogP contribution in [0.5, 0.6) is 0 Å². The van der Waals surface area contributed by atoms with Gasteiger partial charge in [-0.3, -0.25) is 0 Å². The maximum atomic E-state index is 8.87. The van der Waals surface area contributed by atoms with Crippen molar-refractivity contribution < 1.29 is 5.11 Å². The van der Waals surface area contributed by atoms with Gasteiger partial charge in [0.1, 0.15) is 0 Å².